The van der Waals surface area contributed by atoms with Crippen LogP contribution in [0.1, 0.15) is 18.4 Å². The molecule has 0 radical (unpaired) electrons. The molecule has 0 amide bonds. The summed E-state index contributed by atoms with van der Waals surface area (Å²) < 4.78 is 4.98. The Labute approximate surface area is 92.5 Å². The number of aromatic nitrogens is 3. The third-order valence-corrected chi connectivity index (χ3v) is 2.13. The Balaban J connectivity index is 2.32. The largest absolute Gasteiger partial charge is 0.339 e. The highest BCUT2D eigenvalue weighted by Crippen LogP contribution is 2.18. The predicted molar refractivity (Wildman–Crippen MR) is 56.7 cm³/mol. The fraction of sp³-hybridized carbons (Fsp3) is 0.273. The molecule has 5 heteroatoms. The Bertz CT molecular complexity index is 519. The number of carbonyl (C=O) groups is 1. The first-order chi connectivity index (χ1) is 7.66. The molecule has 0 saturated carbocycles. The van der Waals surface area contributed by atoms with E-state index in [2.05, 4.69) is 15.1 Å². The molecule has 16 heavy (non-hydrogen) atoms. The van der Waals surface area contributed by atoms with Crippen LogP contribution in [0.3, 0.4) is 0 Å². The molecule has 0 bridgehead atoms. The second-order valence-electron chi connectivity index (χ2n) is 3.58. The number of pyridine rings is 1. The standard InChI is InChI=1S/C11H11N3O2/c1-7-6-12-4-3-9(7)11-13-10(16-14-11)5-8(2)15/h3-4,6H,5H2,1-2H3. The van der Waals surface area contributed by atoms with Crippen molar-refractivity contribution in [2.24, 2.45) is 0 Å². The van der Waals surface area contributed by atoms with Gasteiger partial charge in [-0.2, -0.15) is 4.98 Å². The molecule has 2 aromatic rings. The van der Waals surface area contributed by atoms with Crippen molar-refractivity contribution in [2.75, 3.05) is 0 Å². The summed E-state index contributed by atoms with van der Waals surface area (Å²) in [5.74, 6) is 0.844. The van der Waals surface area contributed by atoms with Crippen molar-refractivity contribution in [2.45, 2.75) is 20.3 Å². The van der Waals surface area contributed by atoms with Crippen LogP contribution in [0.2, 0.25) is 0 Å². The lowest BCUT2D eigenvalue weighted by Crippen LogP contribution is -1.96. The Hall–Kier alpha value is -2.04. The van der Waals surface area contributed by atoms with Crippen molar-refractivity contribution >= 4 is 5.78 Å². The lowest BCUT2D eigenvalue weighted by atomic mass is 10.1. The quantitative estimate of drug-likeness (QED) is 0.780. The molecule has 5 nitrogen and oxygen atoms in total. The van der Waals surface area contributed by atoms with E-state index in [-0.39, 0.29) is 12.2 Å². The van der Waals surface area contributed by atoms with Crippen LogP contribution in [0.25, 0.3) is 11.4 Å². The minimum Gasteiger partial charge on any atom is -0.339 e. The lowest BCUT2D eigenvalue weighted by Gasteiger charge is -1.97. The highest BCUT2D eigenvalue weighted by Gasteiger charge is 2.11. The number of hydrogen-bond acceptors (Lipinski definition) is 5. The van der Waals surface area contributed by atoms with Crippen LogP contribution in [0.15, 0.2) is 23.0 Å². The summed E-state index contributed by atoms with van der Waals surface area (Å²) in [6.07, 6.45) is 3.58. The number of ketones is 1. The second-order valence-corrected chi connectivity index (χ2v) is 3.58. The molecule has 0 aromatic carbocycles. The molecule has 2 heterocycles. The summed E-state index contributed by atoms with van der Waals surface area (Å²) in [6.45, 7) is 3.41. The molecule has 2 aromatic heterocycles. The van der Waals surface area contributed by atoms with Gasteiger partial charge in [-0.3, -0.25) is 9.78 Å². The third-order valence-electron chi connectivity index (χ3n) is 2.13. The van der Waals surface area contributed by atoms with E-state index < -0.39 is 0 Å². The topological polar surface area (TPSA) is 68.9 Å². The van der Waals surface area contributed by atoms with Crippen LogP contribution < -0.4 is 0 Å². The van der Waals surface area contributed by atoms with Crippen molar-refractivity contribution in [3.8, 4) is 11.4 Å². The average Bonchev–Trinajstić information content (AvgIpc) is 2.66. The Morgan fingerprint density at radius 3 is 3.00 bits per heavy atom. The first-order valence-electron chi connectivity index (χ1n) is 4.90. The second kappa shape index (κ2) is 4.22. The van der Waals surface area contributed by atoms with Gasteiger partial charge in [-0.15, -0.1) is 0 Å². The van der Waals surface area contributed by atoms with E-state index in [0.29, 0.717) is 11.7 Å². The molecule has 0 unspecified atom stereocenters. The predicted octanol–water partition coefficient (Wildman–Crippen LogP) is 1.57. The molecule has 2 rings (SSSR count). The van der Waals surface area contributed by atoms with Gasteiger partial charge in [0, 0.05) is 18.0 Å². The van der Waals surface area contributed by atoms with Crippen molar-refractivity contribution in [3.05, 3.63) is 29.9 Å². The molecule has 0 atom stereocenters. The van der Waals surface area contributed by atoms with E-state index >= 15 is 0 Å². The van der Waals surface area contributed by atoms with Gasteiger partial charge >= 0.3 is 0 Å². The number of hydrogen-bond donors (Lipinski definition) is 0. The smallest absolute Gasteiger partial charge is 0.234 e. The van der Waals surface area contributed by atoms with E-state index in [1.54, 1.807) is 12.4 Å². The van der Waals surface area contributed by atoms with Crippen LogP contribution in [0.4, 0.5) is 0 Å². The van der Waals surface area contributed by atoms with Crippen LogP contribution >= 0.6 is 0 Å². The molecule has 0 aliphatic rings. The SMILES string of the molecule is CC(=O)Cc1nc(-c2ccncc2C)no1. The van der Waals surface area contributed by atoms with Gasteiger partial charge in [0.15, 0.2) is 0 Å². The number of nitrogens with zero attached hydrogens (tertiary/aromatic N) is 3. The van der Waals surface area contributed by atoms with E-state index in [1.807, 2.05) is 13.0 Å². The third kappa shape index (κ3) is 2.13. The molecule has 0 N–H and O–H groups in total. The van der Waals surface area contributed by atoms with Crippen molar-refractivity contribution in [1.29, 1.82) is 0 Å². The maximum Gasteiger partial charge on any atom is 0.234 e. The molecule has 0 fully saturated rings. The van der Waals surface area contributed by atoms with Gasteiger partial charge < -0.3 is 4.52 Å². The zero-order chi connectivity index (χ0) is 11.5. The first-order valence-corrected chi connectivity index (χ1v) is 4.90. The van der Waals surface area contributed by atoms with Crippen LogP contribution in [0, 0.1) is 6.92 Å². The van der Waals surface area contributed by atoms with Gasteiger partial charge in [0.25, 0.3) is 0 Å². The summed E-state index contributed by atoms with van der Waals surface area (Å²) in [7, 11) is 0. The normalized spacial score (nSPS) is 10.4. The molecular formula is C11H11N3O2. The van der Waals surface area contributed by atoms with Gasteiger partial charge in [-0.1, -0.05) is 5.16 Å². The summed E-state index contributed by atoms with van der Waals surface area (Å²) >= 11 is 0. The highest BCUT2D eigenvalue weighted by molar-refractivity contribution is 5.77. The van der Waals surface area contributed by atoms with Crippen LogP contribution in [-0.4, -0.2) is 20.9 Å². The fourth-order valence-electron chi connectivity index (χ4n) is 1.37. The zero-order valence-electron chi connectivity index (χ0n) is 9.10. The van der Waals surface area contributed by atoms with Crippen molar-refractivity contribution < 1.29 is 9.32 Å². The van der Waals surface area contributed by atoms with Crippen LogP contribution in [-0.2, 0) is 11.2 Å². The minimum atomic E-state index is 0.00153. The number of carbonyl (C=O) groups excluding carboxylic acids is 1. The number of aryl methyl sites for hydroxylation is 1. The van der Waals surface area contributed by atoms with E-state index in [1.165, 1.54) is 6.92 Å². The van der Waals surface area contributed by atoms with Gasteiger partial charge in [-0.25, -0.2) is 0 Å². The Kier molecular flexibility index (Phi) is 2.76. The van der Waals surface area contributed by atoms with E-state index in [0.717, 1.165) is 11.1 Å². The first kappa shape index (κ1) is 10.5. The average molecular weight is 217 g/mol. The highest BCUT2D eigenvalue weighted by atomic mass is 16.5. The molecular weight excluding hydrogens is 206 g/mol. The van der Waals surface area contributed by atoms with E-state index in [4.69, 9.17) is 4.52 Å². The maximum absolute atomic E-state index is 10.9. The van der Waals surface area contributed by atoms with Gasteiger partial charge in [0.2, 0.25) is 11.7 Å². The van der Waals surface area contributed by atoms with Crippen molar-refractivity contribution in [1.82, 2.24) is 15.1 Å². The van der Waals surface area contributed by atoms with Crippen molar-refractivity contribution in [3.63, 3.8) is 0 Å². The molecule has 82 valence electrons. The fourth-order valence-corrected chi connectivity index (χ4v) is 1.37. The van der Waals surface area contributed by atoms with Crippen LogP contribution in [0.5, 0.6) is 0 Å². The molecule has 0 aliphatic heterocycles. The monoisotopic (exact) mass is 217 g/mol. The minimum absolute atomic E-state index is 0.00153. The molecule has 0 saturated heterocycles. The van der Waals surface area contributed by atoms with Gasteiger partial charge in [0.1, 0.15) is 5.78 Å². The summed E-state index contributed by atoms with van der Waals surface area (Å²) in [5.41, 5.74) is 1.84. The molecule has 0 spiro atoms. The summed E-state index contributed by atoms with van der Waals surface area (Å²) in [4.78, 5) is 19.0. The van der Waals surface area contributed by atoms with E-state index in [9.17, 15) is 4.79 Å². The summed E-state index contributed by atoms with van der Waals surface area (Å²) in [6, 6.07) is 1.82. The lowest BCUT2D eigenvalue weighted by molar-refractivity contribution is -0.116. The zero-order valence-corrected chi connectivity index (χ0v) is 9.10. The number of rotatable bonds is 3. The molecule has 0 aliphatic carbocycles. The number of Topliss-reactive ketones (excluding diaryl/α,β-unsaturated/α-hetero) is 1. The Morgan fingerprint density at radius 2 is 2.31 bits per heavy atom. The summed E-state index contributed by atoms with van der Waals surface area (Å²) in [5, 5.41) is 3.83. The van der Waals surface area contributed by atoms with Gasteiger partial charge in [-0.05, 0) is 25.5 Å². The Morgan fingerprint density at radius 1 is 1.50 bits per heavy atom. The maximum atomic E-state index is 10.9. The van der Waals surface area contributed by atoms with Gasteiger partial charge in [0.05, 0.1) is 6.42 Å².